The molecule has 0 radical (unpaired) electrons. The van der Waals surface area contributed by atoms with Gasteiger partial charge in [0.25, 0.3) is 5.91 Å². The normalized spacial score (nSPS) is 14.7. The molecule has 36 heavy (non-hydrogen) atoms. The average Bonchev–Trinajstić information content (AvgIpc) is 3.65. The molecule has 1 fully saturated rings. The zero-order valence-corrected chi connectivity index (χ0v) is 20.4. The van der Waals surface area contributed by atoms with Crippen LogP contribution in [0.4, 0.5) is 5.69 Å². The first kappa shape index (κ1) is 23.7. The minimum atomic E-state index is -0.697. The molecule has 0 aliphatic heterocycles. The molecule has 0 bridgehead atoms. The quantitative estimate of drug-likeness (QED) is 0.403. The summed E-state index contributed by atoms with van der Waals surface area (Å²) in [5, 5.41) is 16.4. The second-order valence-corrected chi connectivity index (χ2v) is 9.12. The lowest BCUT2D eigenvalue weighted by molar-refractivity contribution is -0.127. The molecule has 4 aromatic rings. The van der Waals surface area contributed by atoms with Crippen LogP contribution in [0.5, 0.6) is 0 Å². The van der Waals surface area contributed by atoms with Crippen molar-refractivity contribution in [3.05, 3.63) is 54.4 Å². The number of nitrogens with zero attached hydrogens (tertiary/aromatic N) is 6. The van der Waals surface area contributed by atoms with E-state index in [4.69, 9.17) is 4.42 Å². The Morgan fingerprint density at radius 3 is 2.75 bits per heavy atom. The first-order valence-corrected chi connectivity index (χ1v) is 12.3. The van der Waals surface area contributed by atoms with Gasteiger partial charge in [-0.05, 0) is 55.7 Å². The number of anilines is 1. The molecule has 1 atom stereocenters. The van der Waals surface area contributed by atoms with Gasteiger partial charge < -0.3 is 9.73 Å². The molecule has 1 N–H and O–H groups in total. The molecule has 1 saturated carbocycles. The maximum absolute atomic E-state index is 13.7. The second-order valence-electron chi connectivity index (χ2n) is 9.12. The van der Waals surface area contributed by atoms with Crippen LogP contribution in [0.2, 0.25) is 0 Å². The Morgan fingerprint density at radius 2 is 2.00 bits per heavy atom. The average molecular weight is 488 g/mol. The highest BCUT2D eigenvalue weighted by molar-refractivity contribution is 6.01. The Labute approximate surface area is 208 Å². The Hall–Kier alpha value is -4.08. The number of pyridine rings is 1. The molecule has 3 aromatic heterocycles. The Balaban J connectivity index is 1.44. The van der Waals surface area contributed by atoms with Gasteiger partial charge in [0.05, 0.1) is 17.4 Å². The van der Waals surface area contributed by atoms with Crippen molar-refractivity contribution < 1.29 is 14.0 Å². The molecule has 10 nitrogen and oxygen atoms in total. The number of furan rings is 1. The number of fused-ring (bicyclic) bond motifs is 1. The fraction of sp³-hybridized carbons (Fsp3) is 0.385. The molecule has 1 aliphatic rings. The lowest BCUT2D eigenvalue weighted by atomic mass is 10.1. The molecule has 0 spiro atoms. The van der Waals surface area contributed by atoms with Crippen LogP contribution in [0.25, 0.3) is 22.5 Å². The van der Waals surface area contributed by atoms with Crippen molar-refractivity contribution in [1.29, 1.82) is 0 Å². The lowest BCUT2D eigenvalue weighted by Crippen LogP contribution is -2.52. The number of hydrogen-bond donors (Lipinski definition) is 1. The third kappa shape index (κ3) is 4.98. The first-order chi connectivity index (χ1) is 17.5. The van der Waals surface area contributed by atoms with E-state index in [1.165, 1.54) is 9.70 Å². The summed E-state index contributed by atoms with van der Waals surface area (Å²) in [5.74, 6) is 1.00. The maximum Gasteiger partial charge on any atom is 0.251 e. The predicted octanol–water partition coefficient (Wildman–Crippen LogP) is 3.66. The van der Waals surface area contributed by atoms with Crippen molar-refractivity contribution in [2.45, 2.75) is 64.6 Å². The van der Waals surface area contributed by atoms with E-state index in [2.05, 4.69) is 25.7 Å². The standard InChI is InChI=1S/C26H29N7O3/c1-3-22(26(35)28-19-9-5-6-10-19)33(20-14-18-8-4-7-11-21(18)27-15-20)24(34)16-32-30-25(29-31-32)23-13-12-17(2)36-23/h4,7-8,11-15,19,22H,3,5-6,9-10,16H2,1-2H3,(H,28,35)/t22-/m1/s1. The van der Waals surface area contributed by atoms with Crippen LogP contribution < -0.4 is 10.2 Å². The largest absolute Gasteiger partial charge is 0.458 e. The second kappa shape index (κ2) is 10.3. The number of rotatable bonds is 8. The zero-order chi connectivity index (χ0) is 25.1. The Morgan fingerprint density at radius 1 is 1.19 bits per heavy atom. The van der Waals surface area contributed by atoms with Crippen LogP contribution in [0.15, 0.2) is 53.1 Å². The third-order valence-electron chi connectivity index (χ3n) is 6.52. The molecule has 5 rings (SSSR count). The van der Waals surface area contributed by atoms with Gasteiger partial charge in [0, 0.05) is 11.4 Å². The van der Waals surface area contributed by atoms with Crippen LogP contribution in [0.3, 0.4) is 0 Å². The lowest BCUT2D eigenvalue weighted by Gasteiger charge is -2.31. The molecule has 2 amide bonds. The number of nitrogens with one attached hydrogen (secondary N) is 1. The highest BCUT2D eigenvalue weighted by atomic mass is 16.3. The number of carbonyl (C=O) groups is 2. The number of tetrazole rings is 1. The van der Waals surface area contributed by atoms with Gasteiger partial charge in [-0.15, -0.1) is 10.2 Å². The molecule has 3 heterocycles. The molecule has 1 aromatic carbocycles. The highest BCUT2D eigenvalue weighted by Gasteiger charge is 2.32. The van der Waals surface area contributed by atoms with Crippen LogP contribution >= 0.6 is 0 Å². The van der Waals surface area contributed by atoms with E-state index in [1.807, 2.05) is 50.2 Å². The van der Waals surface area contributed by atoms with Crippen molar-refractivity contribution in [1.82, 2.24) is 30.5 Å². The molecular weight excluding hydrogens is 458 g/mol. The van der Waals surface area contributed by atoms with Gasteiger partial charge in [0.1, 0.15) is 18.3 Å². The fourth-order valence-corrected chi connectivity index (χ4v) is 4.70. The number of aryl methyl sites for hydroxylation is 1. The van der Waals surface area contributed by atoms with Gasteiger partial charge in [-0.1, -0.05) is 38.0 Å². The molecule has 0 unspecified atom stereocenters. The predicted molar refractivity (Wildman–Crippen MR) is 134 cm³/mol. The summed E-state index contributed by atoms with van der Waals surface area (Å²) < 4.78 is 5.56. The maximum atomic E-state index is 13.7. The van der Waals surface area contributed by atoms with Crippen LogP contribution in [-0.4, -0.2) is 49.1 Å². The smallest absolute Gasteiger partial charge is 0.251 e. The highest BCUT2D eigenvalue weighted by Crippen LogP contribution is 2.25. The summed E-state index contributed by atoms with van der Waals surface area (Å²) >= 11 is 0. The molecule has 0 saturated heterocycles. The van der Waals surface area contributed by atoms with Gasteiger partial charge in [-0.25, -0.2) is 0 Å². The molecule has 1 aliphatic carbocycles. The molecule has 10 heteroatoms. The van der Waals surface area contributed by atoms with Crippen molar-refractivity contribution in [2.75, 3.05) is 4.90 Å². The minimum Gasteiger partial charge on any atom is -0.458 e. The summed E-state index contributed by atoms with van der Waals surface area (Å²) in [6.45, 7) is 3.54. The van der Waals surface area contributed by atoms with Crippen LogP contribution in [0, 0.1) is 6.92 Å². The van der Waals surface area contributed by atoms with Crippen LogP contribution in [-0.2, 0) is 16.1 Å². The van der Waals surface area contributed by atoms with E-state index in [-0.39, 0.29) is 24.4 Å². The van der Waals surface area contributed by atoms with Gasteiger partial charge in [-0.3, -0.25) is 19.5 Å². The van der Waals surface area contributed by atoms with Gasteiger partial charge in [0.15, 0.2) is 5.76 Å². The number of para-hydroxylation sites is 1. The van der Waals surface area contributed by atoms with E-state index >= 15 is 0 Å². The number of aromatic nitrogens is 5. The third-order valence-corrected chi connectivity index (χ3v) is 6.52. The molecule has 186 valence electrons. The summed E-state index contributed by atoms with van der Waals surface area (Å²) in [5.41, 5.74) is 1.36. The van der Waals surface area contributed by atoms with E-state index in [1.54, 1.807) is 12.3 Å². The number of carbonyl (C=O) groups excluding carboxylic acids is 2. The molecular formula is C26H29N7O3. The van der Waals surface area contributed by atoms with Crippen molar-refractivity contribution >= 4 is 28.4 Å². The van der Waals surface area contributed by atoms with Crippen molar-refractivity contribution in [3.8, 4) is 11.6 Å². The van der Waals surface area contributed by atoms with E-state index in [9.17, 15) is 9.59 Å². The van der Waals surface area contributed by atoms with Crippen molar-refractivity contribution in [2.24, 2.45) is 0 Å². The van der Waals surface area contributed by atoms with E-state index < -0.39 is 6.04 Å². The van der Waals surface area contributed by atoms with Crippen molar-refractivity contribution in [3.63, 3.8) is 0 Å². The zero-order valence-electron chi connectivity index (χ0n) is 20.4. The summed E-state index contributed by atoms with van der Waals surface area (Å²) in [6, 6.07) is 12.6. The van der Waals surface area contributed by atoms with Gasteiger partial charge in [-0.2, -0.15) is 4.80 Å². The number of benzene rings is 1. The summed E-state index contributed by atoms with van der Waals surface area (Å²) in [6.07, 6.45) is 6.22. The monoisotopic (exact) mass is 487 g/mol. The topological polar surface area (TPSA) is 119 Å². The van der Waals surface area contributed by atoms with Crippen LogP contribution in [0.1, 0.15) is 44.8 Å². The fourth-order valence-electron chi connectivity index (χ4n) is 4.70. The first-order valence-electron chi connectivity index (χ1n) is 12.3. The summed E-state index contributed by atoms with van der Waals surface area (Å²) in [4.78, 5) is 34.3. The minimum absolute atomic E-state index is 0.148. The SMILES string of the molecule is CC[C@H](C(=O)NC1CCCC1)N(C(=O)Cn1nnc(-c2ccc(C)o2)n1)c1cnc2ccccc2c1. The number of hydrogen-bond acceptors (Lipinski definition) is 7. The van der Waals surface area contributed by atoms with E-state index in [0.29, 0.717) is 23.7 Å². The summed E-state index contributed by atoms with van der Waals surface area (Å²) in [7, 11) is 0. The van der Waals surface area contributed by atoms with Gasteiger partial charge >= 0.3 is 0 Å². The number of amides is 2. The Bertz CT molecular complexity index is 1370. The van der Waals surface area contributed by atoms with E-state index in [0.717, 1.165) is 42.3 Å². The Kier molecular flexibility index (Phi) is 6.75. The van der Waals surface area contributed by atoms with Gasteiger partial charge in [0.2, 0.25) is 11.7 Å².